The van der Waals surface area contributed by atoms with E-state index in [0.29, 0.717) is 0 Å². The van der Waals surface area contributed by atoms with Crippen LogP contribution in [-0.2, 0) is 5.54 Å². The number of nitrogens with one attached hydrogen (secondary N) is 1. The lowest BCUT2D eigenvalue weighted by molar-refractivity contribution is 0.253. The molecule has 0 bridgehead atoms. The molecule has 7 rings (SSSR count). The van der Waals surface area contributed by atoms with Crippen LogP contribution in [0.2, 0.25) is 0 Å². The molecule has 3 N–H and O–H groups in total. The van der Waals surface area contributed by atoms with Crippen molar-refractivity contribution in [3.8, 4) is 38.9 Å². The standard InChI is InChI=1S/C28H23N5S/c29-28(14-5-15-28)19-12-10-18(11-13-19)25-24(23-9-4-17-34-23)32-27-20-6-1-2-7-21(20)31-26-22(33(25)27)8-3-16-30-26/h1-4,6-13,16-17H,5,14-15,29H2,(H,30,31). The Hall–Kier alpha value is -3.74. The van der Waals surface area contributed by atoms with Gasteiger partial charge in [0.25, 0.3) is 0 Å². The van der Waals surface area contributed by atoms with Crippen molar-refractivity contribution in [1.29, 1.82) is 0 Å². The molecular formula is C28H23N5S. The zero-order valence-corrected chi connectivity index (χ0v) is 19.3. The first kappa shape index (κ1) is 19.7. The van der Waals surface area contributed by atoms with Gasteiger partial charge in [0.15, 0.2) is 5.82 Å². The molecule has 2 aromatic carbocycles. The summed E-state index contributed by atoms with van der Waals surface area (Å²) in [6, 6.07) is 25.4. The van der Waals surface area contributed by atoms with Crippen LogP contribution in [0.4, 0.5) is 11.5 Å². The number of benzene rings is 2. The zero-order chi connectivity index (χ0) is 22.7. The van der Waals surface area contributed by atoms with E-state index in [9.17, 15) is 0 Å². The summed E-state index contributed by atoms with van der Waals surface area (Å²) >= 11 is 1.71. The molecule has 5 aromatic rings. The molecule has 2 aliphatic rings. The van der Waals surface area contributed by atoms with E-state index >= 15 is 0 Å². The third-order valence-electron chi connectivity index (χ3n) is 7.06. The third kappa shape index (κ3) is 2.89. The third-order valence-corrected chi connectivity index (χ3v) is 7.94. The number of pyridine rings is 1. The van der Waals surface area contributed by atoms with Crippen LogP contribution < -0.4 is 11.1 Å². The topological polar surface area (TPSA) is 68.8 Å². The molecule has 1 aliphatic heterocycles. The monoisotopic (exact) mass is 461 g/mol. The SMILES string of the molecule is NC1(c2ccc(-c3c(-c4cccs4)nc4n3-c3cccnc3Nc3ccccc3-4)cc2)CCC1. The minimum Gasteiger partial charge on any atom is -0.338 e. The maximum Gasteiger partial charge on any atom is 0.154 e. The quantitative estimate of drug-likeness (QED) is 0.307. The summed E-state index contributed by atoms with van der Waals surface area (Å²) in [5, 5.41) is 5.63. The van der Waals surface area contributed by atoms with Gasteiger partial charge in [-0.15, -0.1) is 11.3 Å². The molecule has 1 fully saturated rings. The van der Waals surface area contributed by atoms with E-state index in [1.165, 1.54) is 12.0 Å². The Bertz CT molecular complexity index is 1510. The van der Waals surface area contributed by atoms with Gasteiger partial charge in [0.1, 0.15) is 11.5 Å². The van der Waals surface area contributed by atoms with E-state index < -0.39 is 0 Å². The van der Waals surface area contributed by atoms with E-state index in [0.717, 1.165) is 63.3 Å². The fraction of sp³-hybridized carbons (Fsp3) is 0.143. The van der Waals surface area contributed by atoms with Crippen molar-refractivity contribution in [2.45, 2.75) is 24.8 Å². The molecule has 3 aromatic heterocycles. The maximum atomic E-state index is 6.62. The highest BCUT2D eigenvalue weighted by Crippen LogP contribution is 2.45. The molecule has 4 heterocycles. The first-order chi connectivity index (χ1) is 16.7. The van der Waals surface area contributed by atoms with Crippen LogP contribution in [0.5, 0.6) is 0 Å². The second-order valence-corrected chi connectivity index (χ2v) is 10.0. The number of fused-ring (bicyclic) bond motifs is 5. The molecule has 0 amide bonds. The molecule has 6 heteroatoms. The summed E-state index contributed by atoms with van der Waals surface area (Å²) in [5.41, 5.74) is 13.8. The fourth-order valence-corrected chi connectivity index (χ4v) is 5.80. The van der Waals surface area contributed by atoms with Gasteiger partial charge in [-0.05, 0) is 60.5 Å². The van der Waals surface area contributed by atoms with Crippen molar-refractivity contribution in [1.82, 2.24) is 14.5 Å². The molecule has 166 valence electrons. The summed E-state index contributed by atoms with van der Waals surface area (Å²) in [6.45, 7) is 0. The maximum absolute atomic E-state index is 6.62. The number of anilines is 2. The van der Waals surface area contributed by atoms with E-state index in [4.69, 9.17) is 10.7 Å². The Morgan fingerprint density at radius 3 is 2.56 bits per heavy atom. The van der Waals surface area contributed by atoms with Crippen molar-refractivity contribution in [3.05, 3.63) is 89.9 Å². The summed E-state index contributed by atoms with van der Waals surface area (Å²) < 4.78 is 2.26. The Morgan fingerprint density at radius 1 is 0.941 bits per heavy atom. The largest absolute Gasteiger partial charge is 0.338 e. The lowest BCUT2D eigenvalue weighted by atomic mass is 9.72. The van der Waals surface area contributed by atoms with Gasteiger partial charge in [0, 0.05) is 22.9 Å². The number of nitrogens with two attached hydrogens (primary N) is 1. The lowest BCUT2D eigenvalue weighted by Gasteiger charge is -2.38. The lowest BCUT2D eigenvalue weighted by Crippen LogP contribution is -2.43. The average molecular weight is 462 g/mol. The number of thiophene rings is 1. The highest BCUT2D eigenvalue weighted by molar-refractivity contribution is 7.13. The number of rotatable bonds is 3. The number of aromatic nitrogens is 3. The second-order valence-electron chi connectivity index (χ2n) is 9.07. The highest BCUT2D eigenvalue weighted by atomic mass is 32.1. The van der Waals surface area contributed by atoms with Crippen LogP contribution in [-0.4, -0.2) is 14.5 Å². The minimum absolute atomic E-state index is 0.178. The molecule has 0 radical (unpaired) electrons. The first-order valence-corrected chi connectivity index (χ1v) is 12.5. The van der Waals surface area contributed by atoms with Gasteiger partial charge in [-0.2, -0.15) is 0 Å². The molecule has 0 spiro atoms. The van der Waals surface area contributed by atoms with Crippen LogP contribution in [0.25, 0.3) is 38.9 Å². The van der Waals surface area contributed by atoms with Gasteiger partial charge < -0.3 is 11.1 Å². The summed E-state index contributed by atoms with van der Waals surface area (Å²) in [4.78, 5) is 11.1. The van der Waals surface area contributed by atoms with Crippen molar-refractivity contribution < 1.29 is 0 Å². The van der Waals surface area contributed by atoms with E-state index in [1.807, 2.05) is 18.3 Å². The zero-order valence-electron chi connectivity index (χ0n) is 18.5. The van der Waals surface area contributed by atoms with Gasteiger partial charge in [-0.3, -0.25) is 4.57 Å². The number of hydrogen-bond donors (Lipinski definition) is 2. The predicted molar refractivity (Wildman–Crippen MR) is 139 cm³/mol. The van der Waals surface area contributed by atoms with Gasteiger partial charge >= 0.3 is 0 Å². The van der Waals surface area contributed by atoms with Crippen molar-refractivity contribution in [2.24, 2.45) is 5.73 Å². The van der Waals surface area contributed by atoms with E-state index in [2.05, 4.69) is 80.9 Å². The number of imidazole rings is 1. The molecule has 1 saturated carbocycles. The molecular weight excluding hydrogens is 438 g/mol. The number of nitrogens with zero attached hydrogens (tertiary/aromatic N) is 3. The Kier molecular flexibility index (Phi) is 4.28. The van der Waals surface area contributed by atoms with Gasteiger partial charge in [-0.25, -0.2) is 9.97 Å². The summed E-state index contributed by atoms with van der Waals surface area (Å²) in [6.07, 6.45) is 5.13. The van der Waals surface area contributed by atoms with Crippen molar-refractivity contribution >= 4 is 22.8 Å². The normalized spacial score (nSPS) is 15.3. The average Bonchev–Trinajstić information content (AvgIpc) is 3.49. The minimum atomic E-state index is -0.178. The number of hydrogen-bond acceptors (Lipinski definition) is 5. The van der Waals surface area contributed by atoms with Gasteiger partial charge in [0.05, 0.1) is 21.9 Å². The molecule has 0 saturated heterocycles. The molecule has 5 nitrogen and oxygen atoms in total. The van der Waals surface area contributed by atoms with Crippen LogP contribution in [0.3, 0.4) is 0 Å². The Morgan fingerprint density at radius 2 is 1.79 bits per heavy atom. The summed E-state index contributed by atoms with van der Waals surface area (Å²) in [5.74, 6) is 1.73. The fourth-order valence-electron chi connectivity index (χ4n) is 5.08. The van der Waals surface area contributed by atoms with Crippen LogP contribution in [0, 0.1) is 0 Å². The van der Waals surface area contributed by atoms with Crippen LogP contribution >= 0.6 is 11.3 Å². The van der Waals surface area contributed by atoms with Crippen LogP contribution in [0.15, 0.2) is 84.4 Å². The van der Waals surface area contributed by atoms with E-state index in [1.54, 1.807) is 11.3 Å². The molecule has 1 aliphatic carbocycles. The smallest absolute Gasteiger partial charge is 0.154 e. The Labute approximate surface area is 201 Å². The Balaban J connectivity index is 1.53. The van der Waals surface area contributed by atoms with Crippen LogP contribution in [0.1, 0.15) is 24.8 Å². The van der Waals surface area contributed by atoms with Crippen molar-refractivity contribution in [2.75, 3.05) is 5.32 Å². The molecule has 34 heavy (non-hydrogen) atoms. The molecule has 0 atom stereocenters. The second kappa shape index (κ2) is 7.38. The van der Waals surface area contributed by atoms with E-state index in [-0.39, 0.29) is 5.54 Å². The number of para-hydroxylation sites is 1. The summed E-state index contributed by atoms with van der Waals surface area (Å²) in [7, 11) is 0. The highest BCUT2D eigenvalue weighted by Gasteiger charge is 2.34. The van der Waals surface area contributed by atoms with Gasteiger partial charge in [0.2, 0.25) is 0 Å². The molecule has 0 unspecified atom stereocenters. The first-order valence-electron chi connectivity index (χ1n) is 11.6. The van der Waals surface area contributed by atoms with Crippen molar-refractivity contribution in [3.63, 3.8) is 0 Å². The predicted octanol–water partition coefficient (Wildman–Crippen LogP) is 6.72. The van der Waals surface area contributed by atoms with Gasteiger partial charge in [-0.1, -0.05) is 42.5 Å².